The summed E-state index contributed by atoms with van der Waals surface area (Å²) in [5, 5.41) is 0. The molecule has 1 heterocycles. The number of amides is 2. The topological polar surface area (TPSA) is 59.1 Å². The second-order valence-corrected chi connectivity index (χ2v) is 6.74. The zero-order chi connectivity index (χ0) is 22.5. The zero-order valence-corrected chi connectivity index (χ0v) is 17.0. The van der Waals surface area contributed by atoms with Gasteiger partial charge in [0.05, 0.1) is 24.5 Å². The molecule has 2 aromatic rings. The monoisotopic (exact) mass is 434 g/mol. The molecule has 2 amide bonds. The first kappa shape index (κ1) is 22.5. The Morgan fingerprint density at radius 2 is 1.42 bits per heavy atom. The summed E-state index contributed by atoms with van der Waals surface area (Å²) in [6.07, 6.45) is 0. The number of methoxy groups -OCH3 is 2. The summed E-state index contributed by atoms with van der Waals surface area (Å²) < 4.78 is 51.9. The highest BCUT2D eigenvalue weighted by atomic mass is 19.1. The van der Waals surface area contributed by atoms with Gasteiger partial charge in [-0.05, 0) is 29.8 Å². The van der Waals surface area contributed by atoms with E-state index in [1.54, 1.807) is 4.90 Å². The van der Waals surface area contributed by atoms with Crippen LogP contribution in [-0.2, 0) is 19.1 Å². The lowest BCUT2D eigenvalue weighted by Crippen LogP contribution is -2.38. The van der Waals surface area contributed by atoms with Gasteiger partial charge in [-0.3, -0.25) is 9.59 Å². The van der Waals surface area contributed by atoms with Gasteiger partial charge in [-0.1, -0.05) is 12.1 Å². The molecule has 0 saturated carbocycles. The standard InChI is InChI=1S/C22H21F3N2O4/c1-30-11-9-26(10-12-31-2)20-19(14-3-5-15(23)6-4-14)21(28)27(22(20)29)18-13-16(24)7-8-17(18)25/h3-8,13H,9-12H2,1-2H3. The minimum atomic E-state index is -0.928. The smallest absolute Gasteiger partial charge is 0.282 e. The third-order valence-corrected chi connectivity index (χ3v) is 4.79. The van der Waals surface area contributed by atoms with E-state index < -0.39 is 35.0 Å². The zero-order valence-electron chi connectivity index (χ0n) is 17.0. The van der Waals surface area contributed by atoms with Gasteiger partial charge >= 0.3 is 0 Å². The van der Waals surface area contributed by atoms with Gasteiger partial charge in [-0.2, -0.15) is 0 Å². The minimum absolute atomic E-state index is 0.0191. The molecule has 0 aliphatic carbocycles. The van der Waals surface area contributed by atoms with E-state index in [-0.39, 0.29) is 43.1 Å². The number of nitrogens with zero attached hydrogens (tertiary/aromatic N) is 2. The molecule has 6 nitrogen and oxygen atoms in total. The average Bonchev–Trinajstić information content (AvgIpc) is 3.01. The molecule has 0 atom stereocenters. The molecule has 0 spiro atoms. The lowest BCUT2D eigenvalue weighted by atomic mass is 10.0. The molecule has 0 unspecified atom stereocenters. The molecule has 1 aliphatic rings. The van der Waals surface area contributed by atoms with Gasteiger partial charge in [0.2, 0.25) is 0 Å². The Morgan fingerprint density at radius 1 is 0.839 bits per heavy atom. The highest BCUT2D eigenvalue weighted by Crippen LogP contribution is 2.36. The Morgan fingerprint density at radius 3 is 2.00 bits per heavy atom. The SMILES string of the molecule is COCCN(CCOC)C1=C(c2ccc(F)cc2)C(=O)N(c2cc(F)ccc2F)C1=O. The van der Waals surface area contributed by atoms with Gasteiger partial charge in [0.1, 0.15) is 23.1 Å². The van der Waals surface area contributed by atoms with Crippen LogP contribution in [0.2, 0.25) is 0 Å². The first-order valence-corrected chi connectivity index (χ1v) is 9.46. The number of benzene rings is 2. The molecule has 164 valence electrons. The second-order valence-electron chi connectivity index (χ2n) is 6.74. The lowest BCUT2D eigenvalue weighted by Gasteiger charge is -2.25. The van der Waals surface area contributed by atoms with Crippen molar-refractivity contribution in [3.63, 3.8) is 0 Å². The van der Waals surface area contributed by atoms with Gasteiger partial charge in [0.15, 0.2) is 0 Å². The van der Waals surface area contributed by atoms with Gasteiger partial charge in [0, 0.05) is 33.4 Å². The molecule has 3 rings (SSSR count). The average molecular weight is 434 g/mol. The number of hydrogen-bond donors (Lipinski definition) is 0. The van der Waals surface area contributed by atoms with Crippen LogP contribution in [0.3, 0.4) is 0 Å². The number of halogens is 3. The Bertz CT molecular complexity index is 1000. The van der Waals surface area contributed by atoms with Crippen molar-refractivity contribution in [2.45, 2.75) is 0 Å². The molecule has 9 heteroatoms. The summed E-state index contributed by atoms with van der Waals surface area (Å²) in [7, 11) is 2.97. The van der Waals surface area contributed by atoms with Gasteiger partial charge in [-0.15, -0.1) is 0 Å². The van der Waals surface area contributed by atoms with Crippen LogP contribution in [0, 0.1) is 17.5 Å². The molecule has 2 aromatic carbocycles. The highest BCUT2D eigenvalue weighted by molar-refractivity contribution is 6.45. The molecule has 0 fully saturated rings. The van der Waals surface area contributed by atoms with Crippen molar-refractivity contribution >= 4 is 23.1 Å². The number of carbonyl (C=O) groups is 2. The van der Waals surface area contributed by atoms with Crippen molar-refractivity contribution in [1.82, 2.24) is 4.90 Å². The van der Waals surface area contributed by atoms with E-state index in [1.807, 2.05) is 0 Å². The molecule has 0 aromatic heterocycles. The van der Waals surface area contributed by atoms with Crippen LogP contribution >= 0.6 is 0 Å². The summed E-state index contributed by atoms with van der Waals surface area (Å²) in [6, 6.07) is 7.52. The first-order valence-electron chi connectivity index (χ1n) is 9.46. The normalized spacial score (nSPS) is 14.0. The lowest BCUT2D eigenvalue weighted by molar-refractivity contribution is -0.120. The number of hydrogen-bond acceptors (Lipinski definition) is 5. The van der Waals surface area contributed by atoms with Crippen LogP contribution in [0.4, 0.5) is 18.9 Å². The quantitative estimate of drug-likeness (QED) is 0.568. The van der Waals surface area contributed by atoms with E-state index in [9.17, 15) is 22.8 Å². The molecule has 0 radical (unpaired) electrons. The fourth-order valence-electron chi connectivity index (χ4n) is 3.30. The van der Waals surface area contributed by atoms with E-state index in [1.165, 1.54) is 26.4 Å². The Balaban J connectivity index is 2.16. The summed E-state index contributed by atoms with van der Waals surface area (Å²) in [5.41, 5.74) is -0.285. The van der Waals surface area contributed by atoms with Crippen LogP contribution in [0.1, 0.15) is 5.56 Å². The predicted molar refractivity (Wildman–Crippen MR) is 107 cm³/mol. The van der Waals surface area contributed by atoms with Crippen LogP contribution in [-0.4, -0.2) is 57.2 Å². The highest BCUT2D eigenvalue weighted by Gasteiger charge is 2.43. The van der Waals surface area contributed by atoms with Crippen LogP contribution in [0.5, 0.6) is 0 Å². The third-order valence-electron chi connectivity index (χ3n) is 4.79. The van der Waals surface area contributed by atoms with Gasteiger partial charge in [0.25, 0.3) is 11.8 Å². The predicted octanol–water partition coefficient (Wildman–Crippen LogP) is 2.98. The van der Waals surface area contributed by atoms with Crippen molar-refractivity contribution in [3.8, 4) is 0 Å². The number of anilines is 1. The molecular weight excluding hydrogens is 413 g/mol. The molecular formula is C22H21F3N2O4. The number of ether oxygens (including phenoxy) is 2. The fraction of sp³-hybridized carbons (Fsp3) is 0.273. The van der Waals surface area contributed by atoms with Crippen molar-refractivity contribution in [2.75, 3.05) is 45.4 Å². The van der Waals surface area contributed by atoms with E-state index in [0.717, 1.165) is 30.3 Å². The van der Waals surface area contributed by atoms with Crippen LogP contribution in [0.15, 0.2) is 48.2 Å². The Labute approximate surface area is 177 Å². The second kappa shape index (κ2) is 9.76. The summed E-state index contributed by atoms with van der Waals surface area (Å²) in [4.78, 5) is 28.8. The number of rotatable bonds is 9. The first-order chi connectivity index (χ1) is 14.9. The summed E-state index contributed by atoms with van der Waals surface area (Å²) >= 11 is 0. The summed E-state index contributed by atoms with van der Waals surface area (Å²) in [6.45, 7) is 0.941. The van der Waals surface area contributed by atoms with Gasteiger partial charge < -0.3 is 14.4 Å². The maximum atomic E-state index is 14.4. The molecule has 1 aliphatic heterocycles. The van der Waals surface area contributed by atoms with Crippen LogP contribution in [0.25, 0.3) is 5.57 Å². The van der Waals surface area contributed by atoms with Crippen molar-refractivity contribution in [1.29, 1.82) is 0 Å². The summed E-state index contributed by atoms with van der Waals surface area (Å²) in [5.74, 6) is -3.91. The van der Waals surface area contributed by atoms with Crippen molar-refractivity contribution in [2.24, 2.45) is 0 Å². The van der Waals surface area contributed by atoms with E-state index >= 15 is 0 Å². The molecule has 0 N–H and O–H groups in total. The van der Waals surface area contributed by atoms with E-state index in [4.69, 9.17) is 9.47 Å². The van der Waals surface area contributed by atoms with Crippen molar-refractivity contribution < 1.29 is 32.2 Å². The maximum Gasteiger partial charge on any atom is 0.282 e. The van der Waals surface area contributed by atoms with E-state index in [0.29, 0.717) is 4.90 Å². The Kier molecular flexibility index (Phi) is 7.09. The maximum absolute atomic E-state index is 14.4. The minimum Gasteiger partial charge on any atom is -0.383 e. The van der Waals surface area contributed by atoms with E-state index in [2.05, 4.69) is 0 Å². The largest absolute Gasteiger partial charge is 0.383 e. The van der Waals surface area contributed by atoms with Crippen molar-refractivity contribution in [3.05, 3.63) is 71.2 Å². The number of carbonyl (C=O) groups excluding carboxylic acids is 2. The fourth-order valence-corrected chi connectivity index (χ4v) is 3.30. The van der Waals surface area contributed by atoms with Gasteiger partial charge in [-0.25, -0.2) is 18.1 Å². The third kappa shape index (κ3) is 4.62. The Hall–Kier alpha value is -3.17. The molecule has 0 saturated heterocycles. The number of imide groups is 1. The molecule has 0 bridgehead atoms. The molecule has 31 heavy (non-hydrogen) atoms. The van der Waals surface area contributed by atoms with Crippen LogP contribution < -0.4 is 4.90 Å².